The van der Waals surface area contributed by atoms with Gasteiger partial charge in [0.25, 0.3) is 5.91 Å². The number of oxazole rings is 1. The van der Waals surface area contributed by atoms with Gasteiger partial charge in [0.05, 0.1) is 4.88 Å². The zero-order valence-electron chi connectivity index (χ0n) is 13.5. The van der Waals surface area contributed by atoms with Crippen LogP contribution in [0.3, 0.4) is 0 Å². The minimum absolute atomic E-state index is 0.00601. The Hall–Kier alpha value is -2.93. The largest absolute Gasteiger partial charge is 0.458 e. The summed E-state index contributed by atoms with van der Waals surface area (Å²) in [7, 11) is 0. The minimum atomic E-state index is -0.539. The van der Waals surface area contributed by atoms with Crippen molar-refractivity contribution in [3.63, 3.8) is 0 Å². The molecule has 128 valence electrons. The summed E-state index contributed by atoms with van der Waals surface area (Å²) in [6.07, 6.45) is 1.45. The Labute approximate surface area is 148 Å². The Morgan fingerprint density at radius 3 is 2.84 bits per heavy atom. The predicted octanol–water partition coefficient (Wildman–Crippen LogP) is 3.18. The molecular weight excluding hydrogens is 340 g/mol. The maximum Gasteiger partial charge on any atom is 0.325 e. The van der Waals surface area contributed by atoms with Crippen LogP contribution in [0, 0.1) is 6.92 Å². The van der Waals surface area contributed by atoms with Gasteiger partial charge in [-0.05, 0) is 30.0 Å². The highest BCUT2D eigenvalue weighted by molar-refractivity contribution is 7.13. The van der Waals surface area contributed by atoms with E-state index in [0.717, 1.165) is 10.4 Å². The molecule has 0 bridgehead atoms. The molecule has 0 unspecified atom stereocenters. The average molecular weight is 356 g/mol. The van der Waals surface area contributed by atoms with Crippen LogP contribution in [0.5, 0.6) is 0 Å². The van der Waals surface area contributed by atoms with E-state index in [9.17, 15) is 9.59 Å². The van der Waals surface area contributed by atoms with Crippen molar-refractivity contribution in [2.45, 2.75) is 13.5 Å². The van der Waals surface area contributed by atoms with E-state index in [-0.39, 0.29) is 19.1 Å². The van der Waals surface area contributed by atoms with Crippen molar-refractivity contribution in [2.24, 2.45) is 0 Å². The van der Waals surface area contributed by atoms with Gasteiger partial charge in [-0.25, -0.2) is 4.98 Å². The number of carbonyl (C=O) groups excluding carboxylic acids is 2. The Morgan fingerprint density at radius 2 is 2.08 bits per heavy atom. The van der Waals surface area contributed by atoms with Gasteiger partial charge in [0, 0.05) is 5.56 Å². The van der Waals surface area contributed by atoms with Crippen molar-refractivity contribution in [2.75, 3.05) is 6.54 Å². The molecule has 3 aromatic rings. The molecule has 2 aromatic heterocycles. The minimum Gasteiger partial charge on any atom is -0.458 e. The van der Waals surface area contributed by atoms with Gasteiger partial charge in [-0.15, -0.1) is 11.3 Å². The SMILES string of the molecule is Cc1ccccc1C(=O)NCC(=O)OCc1coc(-c2cccs2)n1. The fourth-order valence-corrected chi connectivity index (χ4v) is 2.82. The van der Waals surface area contributed by atoms with Gasteiger partial charge in [0.15, 0.2) is 0 Å². The number of aromatic nitrogens is 1. The molecule has 0 spiro atoms. The van der Waals surface area contributed by atoms with Crippen LogP contribution in [0.25, 0.3) is 10.8 Å². The van der Waals surface area contributed by atoms with E-state index in [2.05, 4.69) is 10.3 Å². The molecule has 1 aromatic carbocycles. The molecule has 0 radical (unpaired) electrons. The lowest BCUT2D eigenvalue weighted by atomic mass is 10.1. The van der Waals surface area contributed by atoms with Crippen molar-refractivity contribution >= 4 is 23.2 Å². The lowest BCUT2D eigenvalue weighted by Gasteiger charge is -2.07. The zero-order valence-corrected chi connectivity index (χ0v) is 14.3. The number of hydrogen-bond donors (Lipinski definition) is 1. The van der Waals surface area contributed by atoms with E-state index >= 15 is 0 Å². The highest BCUT2D eigenvalue weighted by Gasteiger charge is 2.12. The van der Waals surface area contributed by atoms with Crippen LogP contribution in [-0.2, 0) is 16.1 Å². The number of hydrogen-bond acceptors (Lipinski definition) is 6. The summed E-state index contributed by atoms with van der Waals surface area (Å²) < 4.78 is 10.5. The maximum atomic E-state index is 12.0. The number of rotatable bonds is 6. The Morgan fingerprint density at radius 1 is 1.24 bits per heavy atom. The van der Waals surface area contributed by atoms with Crippen LogP contribution in [-0.4, -0.2) is 23.4 Å². The van der Waals surface area contributed by atoms with Crippen LogP contribution >= 0.6 is 11.3 Å². The van der Waals surface area contributed by atoms with E-state index in [1.807, 2.05) is 36.6 Å². The molecule has 0 atom stereocenters. The first kappa shape index (κ1) is 16.9. The third kappa shape index (κ3) is 4.33. The topological polar surface area (TPSA) is 81.4 Å². The molecular formula is C18H16N2O4S. The number of nitrogens with zero attached hydrogens (tertiary/aromatic N) is 1. The number of aryl methyl sites for hydroxylation is 1. The third-order valence-electron chi connectivity index (χ3n) is 3.45. The summed E-state index contributed by atoms with van der Waals surface area (Å²) in [6, 6.07) is 11.0. The number of esters is 1. The summed E-state index contributed by atoms with van der Waals surface area (Å²) in [5.74, 6) is -0.354. The fraction of sp³-hybridized carbons (Fsp3) is 0.167. The van der Waals surface area contributed by atoms with Crippen molar-refractivity contribution in [1.82, 2.24) is 10.3 Å². The molecule has 1 N–H and O–H groups in total. The number of ether oxygens (including phenoxy) is 1. The third-order valence-corrected chi connectivity index (χ3v) is 4.31. The Bertz CT molecular complexity index is 871. The number of amides is 1. The molecule has 1 amide bonds. The average Bonchev–Trinajstić information content (AvgIpc) is 3.29. The quantitative estimate of drug-likeness (QED) is 0.686. The van der Waals surface area contributed by atoms with E-state index < -0.39 is 5.97 Å². The summed E-state index contributed by atoms with van der Waals surface area (Å²) in [5.41, 5.74) is 1.89. The first-order valence-corrected chi connectivity index (χ1v) is 8.49. The molecule has 7 heteroatoms. The van der Waals surface area contributed by atoms with Gasteiger partial charge in [-0.1, -0.05) is 24.3 Å². The van der Waals surface area contributed by atoms with Gasteiger partial charge < -0.3 is 14.5 Å². The lowest BCUT2D eigenvalue weighted by molar-refractivity contribution is -0.143. The molecule has 0 aliphatic rings. The lowest BCUT2D eigenvalue weighted by Crippen LogP contribution is -2.31. The van der Waals surface area contributed by atoms with Crippen molar-refractivity contribution in [1.29, 1.82) is 0 Å². The van der Waals surface area contributed by atoms with E-state index in [1.54, 1.807) is 12.1 Å². The van der Waals surface area contributed by atoms with Gasteiger partial charge in [-0.2, -0.15) is 0 Å². The summed E-state index contributed by atoms with van der Waals surface area (Å²) >= 11 is 1.51. The number of benzene rings is 1. The second-order valence-electron chi connectivity index (χ2n) is 5.28. The van der Waals surface area contributed by atoms with E-state index in [0.29, 0.717) is 17.1 Å². The smallest absolute Gasteiger partial charge is 0.325 e. The van der Waals surface area contributed by atoms with Crippen molar-refractivity contribution in [3.8, 4) is 10.8 Å². The van der Waals surface area contributed by atoms with Crippen LogP contribution in [0.4, 0.5) is 0 Å². The summed E-state index contributed by atoms with van der Waals surface area (Å²) in [6.45, 7) is 1.62. The first-order chi connectivity index (χ1) is 12.1. The molecule has 3 rings (SSSR count). The summed E-state index contributed by atoms with van der Waals surface area (Å²) in [4.78, 5) is 29.0. The second kappa shape index (κ2) is 7.76. The van der Waals surface area contributed by atoms with Crippen molar-refractivity contribution < 1.29 is 18.7 Å². The van der Waals surface area contributed by atoms with Crippen molar-refractivity contribution in [3.05, 3.63) is 64.9 Å². The molecule has 0 aliphatic carbocycles. The molecule has 2 heterocycles. The summed E-state index contributed by atoms with van der Waals surface area (Å²) in [5, 5.41) is 4.47. The molecule has 0 saturated carbocycles. The van der Waals surface area contributed by atoms with Crippen LogP contribution in [0.1, 0.15) is 21.6 Å². The number of carbonyl (C=O) groups is 2. The van der Waals surface area contributed by atoms with E-state index in [4.69, 9.17) is 9.15 Å². The standard InChI is InChI=1S/C18H16N2O4S/c1-12-5-2-3-6-14(12)17(22)19-9-16(21)23-10-13-11-24-18(20-13)15-7-4-8-25-15/h2-8,11H,9-10H2,1H3,(H,19,22). The number of thiophene rings is 1. The maximum absolute atomic E-state index is 12.0. The van der Waals surface area contributed by atoms with E-state index in [1.165, 1.54) is 17.6 Å². The van der Waals surface area contributed by atoms with Crippen LogP contribution in [0.2, 0.25) is 0 Å². The number of nitrogens with one attached hydrogen (secondary N) is 1. The Balaban J connectivity index is 1.47. The molecule has 6 nitrogen and oxygen atoms in total. The van der Waals surface area contributed by atoms with Gasteiger partial charge in [-0.3, -0.25) is 9.59 Å². The second-order valence-corrected chi connectivity index (χ2v) is 6.23. The first-order valence-electron chi connectivity index (χ1n) is 7.61. The van der Waals surface area contributed by atoms with Gasteiger partial charge in [0.2, 0.25) is 5.89 Å². The highest BCUT2D eigenvalue weighted by atomic mass is 32.1. The molecule has 25 heavy (non-hydrogen) atoms. The van der Waals surface area contributed by atoms with Gasteiger partial charge >= 0.3 is 5.97 Å². The fourth-order valence-electron chi connectivity index (χ4n) is 2.17. The monoisotopic (exact) mass is 356 g/mol. The van der Waals surface area contributed by atoms with Crippen LogP contribution < -0.4 is 5.32 Å². The molecule has 0 aliphatic heterocycles. The zero-order chi connectivity index (χ0) is 17.6. The molecule has 0 fully saturated rings. The normalized spacial score (nSPS) is 10.4. The highest BCUT2D eigenvalue weighted by Crippen LogP contribution is 2.23. The van der Waals surface area contributed by atoms with Gasteiger partial charge in [0.1, 0.15) is 25.1 Å². The molecule has 0 saturated heterocycles. The Kier molecular flexibility index (Phi) is 5.25. The van der Waals surface area contributed by atoms with Crippen LogP contribution in [0.15, 0.2) is 52.5 Å². The predicted molar refractivity (Wildman–Crippen MR) is 93.1 cm³/mol.